The fraction of sp³-hybridized carbons (Fsp3) is 0.0625. The molecule has 3 rings (SSSR count). The highest BCUT2D eigenvalue weighted by atomic mass is 127. The maximum Gasteiger partial charge on any atom is 0.0991 e. The molecule has 0 spiro atoms. The minimum absolute atomic E-state index is 0.679. The fourth-order valence-electron chi connectivity index (χ4n) is 1.99. The average Bonchev–Trinajstić information content (AvgIpc) is 2.82. The molecule has 0 radical (unpaired) electrons. The second-order valence-electron chi connectivity index (χ2n) is 4.55. The Bertz CT molecular complexity index is 832. The van der Waals surface area contributed by atoms with Crippen LogP contribution in [0.5, 0.6) is 0 Å². The average molecular weight is 422 g/mol. The number of benzene rings is 2. The molecule has 1 N–H and O–H groups in total. The molecule has 0 aliphatic carbocycles. The van der Waals surface area contributed by atoms with Crippen LogP contribution in [0.1, 0.15) is 11.1 Å². The summed E-state index contributed by atoms with van der Waals surface area (Å²) in [6.07, 6.45) is 0. The predicted octanol–water partition coefficient (Wildman–Crippen LogP) is 5.81. The van der Waals surface area contributed by atoms with Crippen LogP contribution < -0.4 is 4.72 Å². The first kappa shape index (κ1) is 14.7. The number of aryl methyl sites for hydroxylation is 1. The molecule has 2 nitrogen and oxygen atoms in total. The second kappa shape index (κ2) is 6.26. The second-order valence-corrected chi connectivity index (χ2v) is 7.92. The monoisotopic (exact) mass is 422 g/mol. The van der Waals surface area contributed by atoms with Crippen LogP contribution in [0.25, 0.3) is 10.1 Å². The fourth-order valence-corrected chi connectivity index (χ4v) is 4.57. The molecule has 0 atom stereocenters. The molecule has 0 unspecified atom stereocenters. The van der Waals surface area contributed by atoms with Crippen LogP contribution in [-0.4, -0.2) is 0 Å². The van der Waals surface area contributed by atoms with E-state index in [1.165, 1.54) is 23.4 Å². The highest BCUT2D eigenvalue weighted by Gasteiger charge is 2.09. The van der Waals surface area contributed by atoms with E-state index < -0.39 is 0 Å². The first-order chi connectivity index (χ1) is 10.2. The third-order valence-electron chi connectivity index (χ3n) is 3.13. The van der Waals surface area contributed by atoms with Gasteiger partial charge in [-0.25, -0.2) is 0 Å². The molecular weight excluding hydrogens is 411 g/mol. The molecule has 0 amide bonds. The van der Waals surface area contributed by atoms with E-state index in [-0.39, 0.29) is 0 Å². The zero-order valence-electron chi connectivity index (χ0n) is 11.2. The summed E-state index contributed by atoms with van der Waals surface area (Å²) in [6, 6.07) is 16.2. The van der Waals surface area contributed by atoms with Crippen LogP contribution in [0.2, 0.25) is 0 Å². The normalized spacial score (nSPS) is 10.5. The van der Waals surface area contributed by atoms with Crippen molar-refractivity contribution in [2.24, 2.45) is 0 Å². The molecule has 0 fully saturated rings. The molecule has 0 aliphatic heterocycles. The number of rotatable bonds is 3. The maximum atomic E-state index is 8.80. The van der Waals surface area contributed by atoms with E-state index in [0.29, 0.717) is 5.56 Å². The van der Waals surface area contributed by atoms with Gasteiger partial charge < -0.3 is 4.72 Å². The van der Waals surface area contributed by atoms with E-state index in [2.05, 4.69) is 58.5 Å². The van der Waals surface area contributed by atoms with E-state index in [1.54, 1.807) is 23.3 Å². The third kappa shape index (κ3) is 3.18. The van der Waals surface area contributed by atoms with Crippen molar-refractivity contribution in [2.75, 3.05) is 4.72 Å². The van der Waals surface area contributed by atoms with Crippen LogP contribution in [0.3, 0.4) is 0 Å². The Balaban J connectivity index is 1.81. The Morgan fingerprint density at radius 2 is 1.95 bits per heavy atom. The molecule has 104 valence electrons. The van der Waals surface area contributed by atoms with Gasteiger partial charge in [-0.1, -0.05) is 0 Å². The maximum absolute atomic E-state index is 8.80. The number of hydrogen-bond donors (Lipinski definition) is 1. The first-order valence-corrected chi connectivity index (χ1v) is 9.00. The lowest BCUT2D eigenvalue weighted by atomic mass is 10.2. The summed E-state index contributed by atoms with van der Waals surface area (Å²) < 4.78 is 7.20. The van der Waals surface area contributed by atoms with Gasteiger partial charge in [0.15, 0.2) is 0 Å². The van der Waals surface area contributed by atoms with Crippen molar-refractivity contribution >= 4 is 61.6 Å². The highest BCUT2D eigenvalue weighted by Crippen LogP contribution is 2.38. The summed E-state index contributed by atoms with van der Waals surface area (Å²) >= 11 is 5.78. The zero-order chi connectivity index (χ0) is 14.8. The van der Waals surface area contributed by atoms with Crippen LogP contribution in [0.15, 0.2) is 46.7 Å². The van der Waals surface area contributed by atoms with Gasteiger partial charge in [0.05, 0.1) is 15.8 Å². The van der Waals surface area contributed by atoms with Gasteiger partial charge in [0.2, 0.25) is 0 Å². The number of fused-ring (bicyclic) bond motifs is 1. The van der Waals surface area contributed by atoms with E-state index in [0.717, 1.165) is 5.69 Å². The van der Waals surface area contributed by atoms with Gasteiger partial charge in [-0.2, -0.15) is 5.26 Å². The molecule has 1 aromatic heterocycles. The van der Waals surface area contributed by atoms with Crippen molar-refractivity contribution in [3.63, 3.8) is 0 Å². The Labute approximate surface area is 145 Å². The molecular formula is C16H11IN2S2. The summed E-state index contributed by atoms with van der Waals surface area (Å²) in [6.45, 7) is 2.16. The van der Waals surface area contributed by atoms with E-state index >= 15 is 0 Å². The molecule has 0 saturated carbocycles. The number of thiophene rings is 1. The van der Waals surface area contributed by atoms with E-state index in [9.17, 15) is 0 Å². The number of nitrogens with zero attached hydrogens (tertiary/aromatic N) is 1. The standard InChI is InChI=1S/C16H11IN2S2/c1-10-14-8-12(17)4-7-15(14)20-16(10)21-19-13-5-2-11(9-18)3-6-13/h2-8,19H,1H3. The molecule has 1 heterocycles. The Hall–Kier alpha value is -1.23. The minimum atomic E-state index is 0.679. The third-order valence-corrected chi connectivity index (χ3v) is 6.20. The molecule has 2 aromatic carbocycles. The largest absolute Gasteiger partial charge is 0.325 e. The van der Waals surface area contributed by atoms with Crippen molar-refractivity contribution in [3.05, 3.63) is 57.2 Å². The van der Waals surface area contributed by atoms with Crippen LogP contribution >= 0.6 is 45.9 Å². The molecule has 5 heteroatoms. The van der Waals surface area contributed by atoms with Gasteiger partial charge in [0.1, 0.15) is 0 Å². The summed E-state index contributed by atoms with van der Waals surface area (Å²) in [5.74, 6) is 0. The minimum Gasteiger partial charge on any atom is -0.325 e. The van der Waals surface area contributed by atoms with E-state index in [4.69, 9.17) is 5.26 Å². The van der Waals surface area contributed by atoms with Crippen molar-refractivity contribution < 1.29 is 0 Å². The number of hydrogen-bond acceptors (Lipinski definition) is 4. The SMILES string of the molecule is Cc1c(SNc2ccc(C#N)cc2)sc2ccc(I)cc12. The number of nitriles is 1. The quantitative estimate of drug-likeness (QED) is 0.428. The molecule has 3 aromatic rings. The smallest absolute Gasteiger partial charge is 0.0991 e. The Kier molecular flexibility index (Phi) is 4.38. The van der Waals surface area contributed by atoms with Gasteiger partial charge in [0, 0.05) is 14.0 Å². The Morgan fingerprint density at radius 1 is 1.19 bits per heavy atom. The molecule has 0 aliphatic rings. The lowest BCUT2D eigenvalue weighted by Crippen LogP contribution is -1.86. The van der Waals surface area contributed by atoms with Gasteiger partial charge in [0.25, 0.3) is 0 Å². The van der Waals surface area contributed by atoms with Crippen molar-refractivity contribution in [3.8, 4) is 6.07 Å². The number of anilines is 1. The Morgan fingerprint density at radius 3 is 2.67 bits per heavy atom. The zero-order valence-corrected chi connectivity index (χ0v) is 15.0. The van der Waals surface area contributed by atoms with Crippen molar-refractivity contribution in [1.29, 1.82) is 5.26 Å². The van der Waals surface area contributed by atoms with Crippen LogP contribution in [0, 0.1) is 21.8 Å². The molecule has 0 bridgehead atoms. The predicted molar refractivity (Wildman–Crippen MR) is 99.9 cm³/mol. The summed E-state index contributed by atoms with van der Waals surface area (Å²) in [4.78, 5) is 0. The number of nitrogens with one attached hydrogen (secondary N) is 1. The van der Waals surface area contributed by atoms with Crippen molar-refractivity contribution in [1.82, 2.24) is 0 Å². The summed E-state index contributed by atoms with van der Waals surface area (Å²) in [5, 5.41) is 10.1. The first-order valence-electron chi connectivity index (χ1n) is 6.29. The topological polar surface area (TPSA) is 35.8 Å². The molecule has 0 saturated heterocycles. The van der Waals surface area contributed by atoms with E-state index in [1.807, 2.05) is 24.3 Å². The van der Waals surface area contributed by atoms with Gasteiger partial charge >= 0.3 is 0 Å². The molecule has 21 heavy (non-hydrogen) atoms. The van der Waals surface area contributed by atoms with Gasteiger partial charge in [-0.05, 0) is 94.9 Å². The highest BCUT2D eigenvalue weighted by molar-refractivity contribution is 14.1. The van der Waals surface area contributed by atoms with Crippen molar-refractivity contribution in [2.45, 2.75) is 11.1 Å². The van der Waals surface area contributed by atoms with Crippen LogP contribution in [-0.2, 0) is 0 Å². The number of halogens is 1. The summed E-state index contributed by atoms with van der Waals surface area (Å²) in [5.41, 5.74) is 3.00. The lowest BCUT2D eigenvalue weighted by Gasteiger charge is -2.04. The van der Waals surface area contributed by atoms with Gasteiger partial charge in [-0.15, -0.1) is 11.3 Å². The summed E-state index contributed by atoms with van der Waals surface area (Å²) in [7, 11) is 0. The van der Waals surface area contributed by atoms with Gasteiger partial charge in [-0.3, -0.25) is 0 Å². The lowest BCUT2D eigenvalue weighted by molar-refractivity contribution is 1.46. The van der Waals surface area contributed by atoms with Crippen LogP contribution in [0.4, 0.5) is 5.69 Å².